The van der Waals surface area contributed by atoms with E-state index in [9.17, 15) is 14.7 Å². The zero-order valence-electron chi connectivity index (χ0n) is 10.3. The van der Waals surface area contributed by atoms with Gasteiger partial charge in [-0.05, 0) is 24.8 Å². The molecule has 2 rings (SSSR count). The largest absolute Gasteiger partial charge is 0.480 e. The first-order valence-electron chi connectivity index (χ1n) is 6.11. The molecule has 0 saturated heterocycles. The van der Waals surface area contributed by atoms with Crippen LogP contribution in [-0.2, 0) is 4.79 Å². The molecule has 0 aromatic carbocycles. The molecule has 1 aliphatic carbocycles. The number of nitrogens with one attached hydrogen (secondary N) is 1. The summed E-state index contributed by atoms with van der Waals surface area (Å²) in [4.78, 5) is 23.4. The van der Waals surface area contributed by atoms with Gasteiger partial charge in [0, 0.05) is 0 Å². The van der Waals surface area contributed by atoms with Crippen molar-refractivity contribution in [3.63, 3.8) is 0 Å². The summed E-state index contributed by atoms with van der Waals surface area (Å²) in [7, 11) is 0. The van der Waals surface area contributed by atoms with Gasteiger partial charge in [0.2, 0.25) is 0 Å². The quantitative estimate of drug-likeness (QED) is 0.861. The van der Waals surface area contributed by atoms with Crippen molar-refractivity contribution >= 4 is 11.9 Å². The van der Waals surface area contributed by atoms with Crippen LogP contribution in [0, 0.1) is 5.92 Å². The molecule has 1 saturated carbocycles. The van der Waals surface area contributed by atoms with Crippen LogP contribution in [0.2, 0.25) is 0 Å². The first-order valence-corrected chi connectivity index (χ1v) is 6.11. The number of carbonyl (C=O) groups is 2. The Labute approximate surface area is 105 Å². The predicted octanol–water partition coefficient (Wildman–Crippen LogP) is 2.04. The molecule has 98 valence electrons. The average Bonchev–Trinajstić information content (AvgIpc) is 2.82. The van der Waals surface area contributed by atoms with Crippen molar-refractivity contribution in [2.24, 2.45) is 5.92 Å². The maximum absolute atomic E-state index is 12.0. The topological polar surface area (TPSA) is 79.5 Å². The van der Waals surface area contributed by atoms with Crippen molar-refractivity contribution in [2.45, 2.75) is 38.1 Å². The second-order valence-electron chi connectivity index (χ2n) is 5.05. The molecule has 5 nitrogen and oxygen atoms in total. The lowest BCUT2D eigenvalue weighted by atomic mass is 9.76. The standard InChI is InChI=1S/C13H17NO4/c1-9-3-2-5-13(7-9,12(16)17)14-11(15)10-4-6-18-8-10/h4,6,8-9H,2-3,5,7H2,1H3,(H,14,15)(H,16,17). The van der Waals surface area contributed by atoms with Crippen LogP contribution in [0.15, 0.2) is 23.0 Å². The van der Waals surface area contributed by atoms with Gasteiger partial charge in [0.1, 0.15) is 11.8 Å². The van der Waals surface area contributed by atoms with Gasteiger partial charge in [0.25, 0.3) is 5.91 Å². The number of furan rings is 1. The Morgan fingerprint density at radius 2 is 2.33 bits per heavy atom. The normalized spacial score (nSPS) is 27.7. The fourth-order valence-electron chi connectivity index (χ4n) is 2.60. The van der Waals surface area contributed by atoms with E-state index in [4.69, 9.17) is 4.42 Å². The second kappa shape index (κ2) is 4.84. The van der Waals surface area contributed by atoms with Gasteiger partial charge < -0.3 is 14.8 Å². The van der Waals surface area contributed by atoms with Crippen LogP contribution >= 0.6 is 0 Å². The lowest BCUT2D eigenvalue weighted by Crippen LogP contribution is -2.56. The van der Waals surface area contributed by atoms with Gasteiger partial charge in [-0.1, -0.05) is 19.8 Å². The zero-order chi connectivity index (χ0) is 13.2. The highest BCUT2D eigenvalue weighted by Crippen LogP contribution is 2.32. The van der Waals surface area contributed by atoms with Crippen molar-refractivity contribution in [1.82, 2.24) is 5.32 Å². The van der Waals surface area contributed by atoms with Crippen LogP contribution in [0.1, 0.15) is 43.0 Å². The van der Waals surface area contributed by atoms with E-state index in [1.807, 2.05) is 6.92 Å². The third-order valence-electron chi connectivity index (χ3n) is 3.54. The summed E-state index contributed by atoms with van der Waals surface area (Å²) in [5.74, 6) is -1.04. The monoisotopic (exact) mass is 251 g/mol. The molecule has 1 fully saturated rings. The van der Waals surface area contributed by atoms with Crippen LogP contribution in [-0.4, -0.2) is 22.5 Å². The molecule has 1 aliphatic rings. The van der Waals surface area contributed by atoms with E-state index in [0.29, 0.717) is 24.3 Å². The summed E-state index contributed by atoms with van der Waals surface area (Å²) in [5, 5.41) is 12.1. The Kier molecular flexibility index (Phi) is 3.41. The maximum Gasteiger partial charge on any atom is 0.329 e. The zero-order valence-corrected chi connectivity index (χ0v) is 10.3. The van der Waals surface area contributed by atoms with Gasteiger partial charge in [-0.25, -0.2) is 4.79 Å². The van der Waals surface area contributed by atoms with Gasteiger partial charge in [-0.15, -0.1) is 0 Å². The van der Waals surface area contributed by atoms with Crippen molar-refractivity contribution in [3.8, 4) is 0 Å². The van der Waals surface area contributed by atoms with Crippen molar-refractivity contribution in [1.29, 1.82) is 0 Å². The van der Waals surface area contributed by atoms with E-state index >= 15 is 0 Å². The van der Waals surface area contributed by atoms with E-state index in [1.54, 1.807) is 0 Å². The summed E-state index contributed by atoms with van der Waals surface area (Å²) in [5.41, 5.74) is -0.777. The minimum absolute atomic E-state index is 0.305. The summed E-state index contributed by atoms with van der Waals surface area (Å²) in [6, 6.07) is 1.52. The molecule has 2 atom stereocenters. The van der Waals surface area contributed by atoms with Crippen LogP contribution in [0.25, 0.3) is 0 Å². The molecule has 1 amide bonds. The second-order valence-corrected chi connectivity index (χ2v) is 5.05. The van der Waals surface area contributed by atoms with E-state index < -0.39 is 11.5 Å². The molecule has 1 aromatic rings. The average molecular weight is 251 g/mol. The molecule has 2 N–H and O–H groups in total. The van der Waals surface area contributed by atoms with Gasteiger partial charge in [0.15, 0.2) is 0 Å². The Balaban J connectivity index is 2.16. The Morgan fingerprint density at radius 3 is 2.89 bits per heavy atom. The maximum atomic E-state index is 12.0. The first-order chi connectivity index (χ1) is 8.53. The van der Waals surface area contributed by atoms with Crippen molar-refractivity contribution < 1.29 is 19.1 Å². The summed E-state index contributed by atoms with van der Waals surface area (Å²) in [6.07, 6.45) is 5.50. The smallest absolute Gasteiger partial charge is 0.329 e. The highest BCUT2D eigenvalue weighted by Gasteiger charge is 2.43. The van der Waals surface area contributed by atoms with Crippen molar-refractivity contribution in [3.05, 3.63) is 24.2 Å². The van der Waals surface area contributed by atoms with E-state index in [2.05, 4.69) is 5.32 Å². The number of carboxylic acids is 1. The first kappa shape index (κ1) is 12.7. The predicted molar refractivity (Wildman–Crippen MR) is 64.2 cm³/mol. The van der Waals surface area contributed by atoms with Crippen LogP contribution in [0.3, 0.4) is 0 Å². The van der Waals surface area contributed by atoms with E-state index in [1.165, 1.54) is 18.6 Å². The fourth-order valence-corrected chi connectivity index (χ4v) is 2.60. The molecule has 1 heterocycles. The molecule has 0 bridgehead atoms. The molecular weight excluding hydrogens is 234 g/mol. The van der Waals surface area contributed by atoms with Crippen LogP contribution in [0.5, 0.6) is 0 Å². The van der Waals surface area contributed by atoms with E-state index in [-0.39, 0.29) is 5.91 Å². The van der Waals surface area contributed by atoms with Crippen molar-refractivity contribution in [2.75, 3.05) is 0 Å². The Bertz CT molecular complexity index is 440. The Morgan fingerprint density at radius 1 is 1.56 bits per heavy atom. The molecule has 0 spiro atoms. The molecule has 0 aliphatic heterocycles. The molecular formula is C13H17NO4. The highest BCUT2D eigenvalue weighted by molar-refractivity contribution is 5.97. The molecule has 18 heavy (non-hydrogen) atoms. The minimum atomic E-state index is -1.13. The molecule has 2 unspecified atom stereocenters. The fraction of sp³-hybridized carbons (Fsp3) is 0.538. The molecule has 0 radical (unpaired) electrons. The van der Waals surface area contributed by atoms with Gasteiger partial charge in [-0.3, -0.25) is 4.79 Å². The lowest BCUT2D eigenvalue weighted by Gasteiger charge is -2.36. The Hall–Kier alpha value is -1.78. The number of hydrogen-bond acceptors (Lipinski definition) is 3. The number of rotatable bonds is 3. The number of hydrogen-bond donors (Lipinski definition) is 2. The van der Waals surface area contributed by atoms with Crippen LogP contribution in [0.4, 0.5) is 0 Å². The third-order valence-corrected chi connectivity index (χ3v) is 3.54. The number of carboxylic acid groups (broad SMARTS) is 1. The molecule has 1 aromatic heterocycles. The third kappa shape index (κ3) is 2.39. The summed E-state index contributed by atoms with van der Waals surface area (Å²) < 4.78 is 4.83. The van der Waals surface area contributed by atoms with Crippen LogP contribution < -0.4 is 5.32 Å². The van der Waals surface area contributed by atoms with Gasteiger partial charge >= 0.3 is 5.97 Å². The SMILES string of the molecule is CC1CCCC(NC(=O)c2ccoc2)(C(=O)O)C1. The summed E-state index contributed by atoms with van der Waals surface area (Å²) >= 11 is 0. The molecule has 5 heteroatoms. The number of aliphatic carboxylic acids is 1. The van der Waals surface area contributed by atoms with E-state index in [0.717, 1.165) is 12.8 Å². The number of amides is 1. The highest BCUT2D eigenvalue weighted by atomic mass is 16.4. The summed E-state index contributed by atoms with van der Waals surface area (Å²) in [6.45, 7) is 2.01. The van der Waals surface area contributed by atoms with Gasteiger partial charge in [0.05, 0.1) is 11.8 Å². The van der Waals surface area contributed by atoms with Gasteiger partial charge in [-0.2, -0.15) is 0 Å². The number of carbonyl (C=O) groups excluding carboxylic acids is 1. The lowest BCUT2D eigenvalue weighted by molar-refractivity contribution is -0.146. The minimum Gasteiger partial charge on any atom is -0.480 e.